The van der Waals surface area contributed by atoms with Gasteiger partial charge in [0.15, 0.2) is 11.5 Å². The van der Waals surface area contributed by atoms with Gasteiger partial charge < -0.3 is 4.74 Å². The van der Waals surface area contributed by atoms with Crippen LogP contribution in [0, 0.1) is 13.8 Å². The van der Waals surface area contributed by atoms with E-state index in [9.17, 15) is 4.79 Å². The molecule has 0 amide bonds. The number of Topliss-reactive ketones (excluding diaryl/α,β-unsaturated/α-hetero) is 1. The summed E-state index contributed by atoms with van der Waals surface area (Å²) < 4.78 is 7.01. The van der Waals surface area contributed by atoms with Crippen LogP contribution in [-0.4, -0.2) is 22.7 Å². The number of hydrogen-bond donors (Lipinski definition) is 0. The summed E-state index contributed by atoms with van der Waals surface area (Å²) in [4.78, 5) is 12.6. The van der Waals surface area contributed by atoms with Crippen molar-refractivity contribution in [2.75, 3.05) is 7.11 Å². The minimum absolute atomic E-state index is 0.0443. The predicted molar refractivity (Wildman–Crippen MR) is 83.0 cm³/mol. The van der Waals surface area contributed by atoms with E-state index in [0.717, 1.165) is 18.5 Å². The molecule has 0 fully saturated rings. The lowest BCUT2D eigenvalue weighted by atomic mass is 10.0. The molecule has 2 rings (SSSR count). The summed E-state index contributed by atoms with van der Waals surface area (Å²) in [6.07, 6.45) is 2.91. The van der Waals surface area contributed by atoms with Crippen molar-refractivity contribution in [3.05, 3.63) is 46.8 Å². The molecule has 0 unspecified atom stereocenters. The fourth-order valence-corrected chi connectivity index (χ4v) is 2.62. The molecule has 21 heavy (non-hydrogen) atoms. The summed E-state index contributed by atoms with van der Waals surface area (Å²) in [7, 11) is 1.57. The van der Waals surface area contributed by atoms with Crippen molar-refractivity contribution in [1.29, 1.82) is 0 Å². The molecule has 0 spiro atoms. The number of rotatable bonds is 6. The van der Waals surface area contributed by atoms with Gasteiger partial charge in [0.1, 0.15) is 5.69 Å². The molecular weight excluding hydrogens is 264 g/mol. The highest BCUT2D eigenvalue weighted by Gasteiger charge is 2.19. The first kappa shape index (κ1) is 15.3. The Balaban J connectivity index is 2.29. The SMILES string of the molecule is CCCn1ncc(OC)c1C(=O)Cc1cc(C)cc(C)c1. The molecule has 0 saturated carbocycles. The number of aromatic nitrogens is 2. The van der Waals surface area contributed by atoms with Crippen LogP contribution in [-0.2, 0) is 13.0 Å². The molecule has 0 atom stereocenters. The molecule has 4 heteroatoms. The van der Waals surface area contributed by atoms with Crippen molar-refractivity contribution >= 4 is 5.78 Å². The summed E-state index contributed by atoms with van der Waals surface area (Å²) >= 11 is 0. The van der Waals surface area contributed by atoms with Crippen LogP contribution < -0.4 is 4.74 Å². The zero-order valence-corrected chi connectivity index (χ0v) is 13.1. The standard InChI is InChI=1S/C17H22N2O2/c1-5-6-19-17(16(21-4)11-18-19)15(20)10-14-8-12(2)7-13(3)9-14/h7-9,11H,5-6,10H2,1-4H3. The molecule has 1 aromatic carbocycles. The number of carbonyl (C=O) groups excluding carboxylic acids is 1. The van der Waals surface area contributed by atoms with E-state index in [-0.39, 0.29) is 5.78 Å². The highest BCUT2D eigenvalue weighted by atomic mass is 16.5. The van der Waals surface area contributed by atoms with Crippen LogP contribution in [0.15, 0.2) is 24.4 Å². The average Bonchev–Trinajstić information content (AvgIpc) is 2.80. The molecule has 2 aromatic rings. The van der Waals surface area contributed by atoms with Crippen LogP contribution >= 0.6 is 0 Å². The van der Waals surface area contributed by atoms with Crippen molar-refractivity contribution in [3.8, 4) is 5.75 Å². The first-order chi connectivity index (χ1) is 10.0. The number of nitrogens with zero attached hydrogens (tertiary/aromatic N) is 2. The van der Waals surface area contributed by atoms with Crippen LogP contribution in [0.25, 0.3) is 0 Å². The van der Waals surface area contributed by atoms with E-state index in [1.54, 1.807) is 18.0 Å². The molecular formula is C17H22N2O2. The summed E-state index contributed by atoms with van der Waals surface area (Å²) in [6, 6.07) is 6.21. The van der Waals surface area contributed by atoms with Gasteiger partial charge in [-0.1, -0.05) is 36.2 Å². The van der Waals surface area contributed by atoms with Gasteiger partial charge in [-0.3, -0.25) is 9.48 Å². The quantitative estimate of drug-likeness (QED) is 0.765. The average molecular weight is 286 g/mol. The zero-order valence-electron chi connectivity index (χ0n) is 13.1. The summed E-state index contributed by atoms with van der Waals surface area (Å²) in [5.74, 6) is 0.598. The molecule has 0 bridgehead atoms. The highest BCUT2D eigenvalue weighted by molar-refractivity contribution is 5.98. The van der Waals surface area contributed by atoms with Crippen LogP contribution in [0.5, 0.6) is 5.75 Å². The first-order valence-corrected chi connectivity index (χ1v) is 7.25. The maximum Gasteiger partial charge on any atom is 0.189 e. The fraction of sp³-hybridized carbons (Fsp3) is 0.412. The number of methoxy groups -OCH3 is 1. The van der Waals surface area contributed by atoms with Gasteiger partial charge in [0.2, 0.25) is 0 Å². The molecule has 0 radical (unpaired) electrons. The van der Waals surface area contributed by atoms with E-state index in [2.05, 4.69) is 30.2 Å². The Labute approximate surface area is 125 Å². The van der Waals surface area contributed by atoms with Crippen LogP contribution in [0.4, 0.5) is 0 Å². The number of ether oxygens (including phenoxy) is 1. The molecule has 0 saturated heterocycles. The maximum atomic E-state index is 12.6. The van der Waals surface area contributed by atoms with E-state index < -0.39 is 0 Å². The molecule has 0 aliphatic rings. The lowest BCUT2D eigenvalue weighted by Gasteiger charge is -2.08. The Morgan fingerprint density at radius 1 is 1.24 bits per heavy atom. The Bertz CT molecular complexity index is 624. The number of aryl methyl sites for hydroxylation is 3. The third kappa shape index (κ3) is 3.51. The van der Waals surface area contributed by atoms with E-state index in [0.29, 0.717) is 17.9 Å². The zero-order chi connectivity index (χ0) is 15.4. The molecule has 112 valence electrons. The Hall–Kier alpha value is -2.10. The minimum Gasteiger partial charge on any atom is -0.493 e. The Kier molecular flexibility index (Phi) is 4.78. The van der Waals surface area contributed by atoms with E-state index >= 15 is 0 Å². The van der Waals surface area contributed by atoms with Gasteiger partial charge in [-0.05, 0) is 25.8 Å². The van der Waals surface area contributed by atoms with E-state index in [1.165, 1.54) is 11.1 Å². The van der Waals surface area contributed by atoms with Crippen molar-refractivity contribution in [1.82, 2.24) is 9.78 Å². The second kappa shape index (κ2) is 6.57. The van der Waals surface area contributed by atoms with E-state index in [4.69, 9.17) is 4.74 Å². The van der Waals surface area contributed by atoms with Gasteiger partial charge in [-0.25, -0.2) is 0 Å². The van der Waals surface area contributed by atoms with Crippen LogP contribution in [0.1, 0.15) is 40.5 Å². The van der Waals surface area contributed by atoms with Crippen molar-refractivity contribution in [2.24, 2.45) is 0 Å². The molecule has 0 aliphatic heterocycles. The van der Waals surface area contributed by atoms with Gasteiger partial charge in [0, 0.05) is 13.0 Å². The fourth-order valence-electron chi connectivity index (χ4n) is 2.62. The van der Waals surface area contributed by atoms with Gasteiger partial charge in [0.25, 0.3) is 0 Å². The van der Waals surface area contributed by atoms with Crippen molar-refractivity contribution < 1.29 is 9.53 Å². The van der Waals surface area contributed by atoms with Crippen molar-refractivity contribution in [3.63, 3.8) is 0 Å². The maximum absolute atomic E-state index is 12.6. The van der Waals surface area contributed by atoms with Gasteiger partial charge in [0.05, 0.1) is 13.3 Å². The summed E-state index contributed by atoms with van der Waals surface area (Å²) in [5, 5.41) is 4.25. The summed E-state index contributed by atoms with van der Waals surface area (Å²) in [6.45, 7) is 6.87. The smallest absolute Gasteiger partial charge is 0.189 e. The molecule has 1 heterocycles. The third-order valence-electron chi connectivity index (χ3n) is 3.37. The Morgan fingerprint density at radius 3 is 2.48 bits per heavy atom. The van der Waals surface area contributed by atoms with E-state index in [1.807, 2.05) is 13.8 Å². The van der Waals surface area contributed by atoms with Crippen LogP contribution in [0.2, 0.25) is 0 Å². The third-order valence-corrected chi connectivity index (χ3v) is 3.37. The largest absolute Gasteiger partial charge is 0.493 e. The predicted octanol–water partition coefficient (Wildman–Crippen LogP) is 3.34. The Morgan fingerprint density at radius 2 is 1.90 bits per heavy atom. The number of benzene rings is 1. The number of hydrogen-bond acceptors (Lipinski definition) is 3. The van der Waals surface area contributed by atoms with Crippen molar-refractivity contribution in [2.45, 2.75) is 40.2 Å². The van der Waals surface area contributed by atoms with Gasteiger partial charge >= 0.3 is 0 Å². The normalized spacial score (nSPS) is 10.7. The molecule has 0 N–H and O–H groups in total. The minimum atomic E-state index is 0.0443. The van der Waals surface area contributed by atoms with Gasteiger partial charge in [-0.2, -0.15) is 5.10 Å². The number of carbonyl (C=O) groups is 1. The lowest BCUT2D eigenvalue weighted by Crippen LogP contribution is -2.13. The first-order valence-electron chi connectivity index (χ1n) is 7.25. The second-order valence-electron chi connectivity index (χ2n) is 5.38. The lowest BCUT2D eigenvalue weighted by molar-refractivity contribution is 0.0979. The monoisotopic (exact) mass is 286 g/mol. The molecule has 0 aliphatic carbocycles. The molecule has 1 aromatic heterocycles. The highest BCUT2D eigenvalue weighted by Crippen LogP contribution is 2.21. The second-order valence-corrected chi connectivity index (χ2v) is 5.38. The van der Waals surface area contributed by atoms with Gasteiger partial charge in [-0.15, -0.1) is 0 Å². The molecule has 4 nitrogen and oxygen atoms in total. The number of ketones is 1. The summed E-state index contributed by atoms with van der Waals surface area (Å²) in [5.41, 5.74) is 3.95. The topological polar surface area (TPSA) is 44.1 Å². The van der Waals surface area contributed by atoms with Crippen LogP contribution in [0.3, 0.4) is 0 Å².